The van der Waals surface area contributed by atoms with E-state index in [1.54, 1.807) is 30.9 Å². The first kappa shape index (κ1) is 17.5. The Labute approximate surface area is 162 Å². The van der Waals surface area contributed by atoms with Crippen LogP contribution in [0.2, 0.25) is 0 Å². The van der Waals surface area contributed by atoms with Crippen molar-refractivity contribution >= 4 is 29.0 Å². The normalized spacial score (nSPS) is 16.0. The fourth-order valence-electron chi connectivity index (χ4n) is 3.16. The molecule has 1 aliphatic heterocycles. The first-order chi connectivity index (χ1) is 13.2. The van der Waals surface area contributed by atoms with Crippen LogP contribution < -0.4 is 14.4 Å². The monoisotopic (exact) mass is 377 g/mol. The van der Waals surface area contributed by atoms with Gasteiger partial charge in [-0.25, -0.2) is 0 Å². The molecule has 0 spiro atoms. The molecule has 1 unspecified atom stereocenters. The lowest BCUT2D eigenvalue weighted by Gasteiger charge is -2.34. The zero-order chi connectivity index (χ0) is 18.8. The number of benzene rings is 3. The topological polar surface area (TPSA) is 38.8 Å². The van der Waals surface area contributed by atoms with E-state index in [1.165, 1.54) is 0 Å². The number of anilines is 2. The van der Waals surface area contributed by atoms with Gasteiger partial charge >= 0.3 is 0 Å². The summed E-state index contributed by atoms with van der Waals surface area (Å²) in [4.78, 5) is 16.3. The van der Waals surface area contributed by atoms with Gasteiger partial charge in [-0.05, 0) is 42.0 Å². The summed E-state index contributed by atoms with van der Waals surface area (Å²) < 4.78 is 10.6. The van der Waals surface area contributed by atoms with Gasteiger partial charge in [0, 0.05) is 11.0 Å². The quantitative estimate of drug-likeness (QED) is 0.625. The molecule has 136 valence electrons. The average Bonchev–Trinajstić information content (AvgIpc) is 2.73. The van der Waals surface area contributed by atoms with E-state index >= 15 is 0 Å². The van der Waals surface area contributed by atoms with Crippen LogP contribution in [0.15, 0.2) is 77.7 Å². The van der Waals surface area contributed by atoms with Crippen LogP contribution in [0.3, 0.4) is 0 Å². The van der Waals surface area contributed by atoms with E-state index in [-0.39, 0.29) is 11.2 Å². The number of amides is 1. The Hall–Kier alpha value is -2.92. The number of ether oxygens (including phenoxy) is 2. The fourth-order valence-corrected chi connectivity index (χ4v) is 4.35. The number of rotatable bonds is 4. The summed E-state index contributed by atoms with van der Waals surface area (Å²) in [6.45, 7) is 0. The van der Waals surface area contributed by atoms with Gasteiger partial charge < -0.3 is 9.47 Å². The third-order valence-electron chi connectivity index (χ3n) is 4.53. The summed E-state index contributed by atoms with van der Waals surface area (Å²) in [6, 6.07) is 23.2. The average molecular weight is 377 g/mol. The Morgan fingerprint density at radius 1 is 0.852 bits per heavy atom. The number of methoxy groups -OCH3 is 2. The van der Waals surface area contributed by atoms with E-state index in [4.69, 9.17) is 9.47 Å². The zero-order valence-corrected chi connectivity index (χ0v) is 15.9. The van der Waals surface area contributed by atoms with Crippen LogP contribution >= 0.6 is 11.8 Å². The van der Waals surface area contributed by atoms with Gasteiger partial charge in [0.15, 0.2) is 0 Å². The second kappa shape index (κ2) is 7.37. The van der Waals surface area contributed by atoms with Gasteiger partial charge in [-0.15, -0.1) is 11.8 Å². The summed E-state index contributed by atoms with van der Waals surface area (Å²) in [5.74, 6) is 1.52. The minimum atomic E-state index is -0.322. The molecule has 1 atom stereocenters. The molecule has 27 heavy (non-hydrogen) atoms. The summed E-state index contributed by atoms with van der Waals surface area (Å²) in [7, 11) is 3.26. The van der Waals surface area contributed by atoms with Crippen molar-refractivity contribution in [1.29, 1.82) is 0 Å². The largest absolute Gasteiger partial charge is 0.497 e. The standard InChI is InChI=1S/C22H19NO3S/c1-25-17-12-10-15(11-13-17)21-22(24)23(16-6-5-7-18(14-16)26-2)19-8-3-4-9-20(19)27-21/h3-14,21H,1-2H3. The molecule has 0 bridgehead atoms. The van der Waals surface area contributed by atoms with Crippen LogP contribution in [0.1, 0.15) is 10.8 Å². The van der Waals surface area contributed by atoms with Crippen molar-refractivity contribution < 1.29 is 14.3 Å². The molecular formula is C22H19NO3S. The number of carbonyl (C=O) groups excluding carboxylic acids is 1. The molecule has 4 rings (SSSR count). The predicted molar refractivity (Wildman–Crippen MR) is 108 cm³/mol. The lowest BCUT2D eigenvalue weighted by Crippen LogP contribution is -2.33. The molecule has 0 saturated carbocycles. The summed E-state index contributed by atoms with van der Waals surface area (Å²) in [5.41, 5.74) is 2.64. The lowest BCUT2D eigenvalue weighted by atomic mass is 10.1. The Morgan fingerprint density at radius 2 is 1.59 bits per heavy atom. The molecule has 0 aliphatic carbocycles. The molecule has 3 aromatic carbocycles. The van der Waals surface area contributed by atoms with Crippen molar-refractivity contribution in [3.05, 3.63) is 78.4 Å². The van der Waals surface area contributed by atoms with Gasteiger partial charge in [-0.1, -0.05) is 30.3 Å². The summed E-state index contributed by atoms with van der Waals surface area (Å²) in [6.07, 6.45) is 0. The first-order valence-electron chi connectivity index (χ1n) is 8.59. The van der Waals surface area contributed by atoms with Crippen LogP contribution in [0.4, 0.5) is 11.4 Å². The molecule has 1 heterocycles. The Balaban J connectivity index is 1.80. The molecule has 0 radical (unpaired) electrons. The van der Waals surface area contributed by atoms with E-state index in [1.807, 2.05) is 66.7 Å². The number of hydrogen-bond donors (Lipinski definition) is 0. The third-order valence-corrected chi connectivity index (χ3v) is 5.83. The number of nitrogens with zero attached hydrogens (tertiary/aromatic N) is 1. The Kier molecular flexibility index (Phi) is 4.77. The van der Waals surface area contributed by atoms with Crippen molar-refractivity contribution in [2.24, 2.45) is 0 Å². The van der Waals surface area contributed by atoms with Crippen LogP contribution in [0.5, 0.6) is 11.5 Å². The van der Waals surface area contributed by atoms with Gasteiger partial charge in [0.1, 0.15) is 16.7 Å². The Morgan fingerprint density at radius 3 is 2.33 bits per heavy atom. The number of fused-ring (bicyclic) bond motifs is 1. The number of carbonyl (C=O) groups is 1. The number of hydrogen-bond acceptors (Lipinski definition) is 4. The SMILES string of the molecule is COc1ccc(C2Sc3ccccc3N(c3cccc(OC)c3)C2=O)cc1. The molecule has 1 amide bonds. The van der Waals surface area contributed by atoms with Crippen LogP contribution in [-0.4, -0.2) is 20.1 Å². The van der Waals surface area contributed by atoms with E-state index in [9.17, 15) is 4.79 Å². The van der Waals surface area contributed by atoms with Crippen molar-refractivity contribution in [2.45, 2.75) is 10.1 Å². The maximum atomic E-state index is 13.5. The van der Waals surface area contributed by atoms with Crippen LogP contribution in [0, 0.1) is 0 Å². The smallest absolute Gasteiger partial charge is 0.249 e. The summed E-state index contributed by atoms with van der Waals surface area (Å²) >= 11 is 1.58. The highest BCUT2D eigenvalue weighted by atomic mass is 32.2. The first-order valence-corrected chi connectivity index (χ1v) is 9.47. The second-order valence-corrected chi connectivity index (χ2v) is 7.26. The van der Waals surface area contributed by atoms with Crippen molar-refractivity contribution in [2.75, 3.05) is 19.1 Å². The summed E-state index contributed by atoms with van der Waals surface area (Å²) in [5, 5.41) is -0.322. The number of thioether (sulfide) groups is 1. The second-order valence-electron chi connectivity index (χ2n) is 6.11. The lowest BCUT2D eigenvalue weighted by molar-refractivity contribution is -0.117. The maximum Gasteiger partial charge on any atom is 0.249 e. The van der Waals surface area contributed by atoms with E-state index in [0.29, 0.717) is 0 Å². The van der Waals surface area contributed by atoms with Crippen molar-refractivity contribution in [3.8, 4) is 11.5 Å². The van der Waals surface area contributed by atoms with Gasteiger partial charge in [0.2, 0.25) is 5.91 Å². The van der Waals surface area contributed by atoms with Crippen molar-refractivity contribution in [1.82, 2.24) is 0 Å². The van der Waals surface area contributed by atoms with Crippen LogP contribution in [-0.2, 0) is 4.79 Å². The van der Waals surface area contributed by atoms with Gasteiger partial charge in [-0.2, -0.15) is 0 Å². The molecular weight excluding hydrogens is 358 g/mol. The van der Waals surface area contributed by atoms with Crippen molar-refractivity contribution in [3.63, 3.8) is 0 Å². The fraction of sp³-hybridized carbons (Fsp3) is 0.136. The highest BCUT2D eigenvalue weighted by Gasteiger charge is 2.35. The van der Waals surface area contributed by atoms with Crippen LogP contribution in [0.25, 0.3) is 0 Å². The van der Waals surface area contributed by atoms with E-state index < -0.39 is 0 Å². The molecule has 0 aromatic heterocycles. The molecule has 4 nitrogen and oxygen atoms in total. The Bertz CT molecular complexity index is 971. The van der Waals surface area contributed by atoms with Gasteiger partial charge in [0.25, 0.3) is 0 Å². The third kappa shape index (κ3) is 3.26. The minimum Gasteiger partial charge on any atom is -0.497 e. The van der Waals surface area contributed by atoms with E-state index in [0.717, 1.165) is 33.3 Å². The zero-order valence-electron chi connectivity index (χ0n) is 15.1. The van der Waals surface area contributed by atoms with Gasteiger partial charge in [0.05, 0.1) is 25.6 Å². The number of para-hydroxylation sites is 1. The van der Waals surface area contributed by atoms with Gasteiger partial charge in [-0.3, -0.25) is 9.69 Å². The molecule has 5 heteroatoms. The molecule has 0 saturated heterocycles. The molecule has 3 aromatic rings. The maximum absolute atomic E-state index is 13.5. The predicted octanol–water partition coefficient (Wildman–Crippen LogP) is 5.22. The highest BCUT2D eigenvalue weighted by molar-refractivity contribution is 8.00. The molecule has 1 aliphatic rings. The molecule has 0 fully saturated rings. The highest BCUT2D eigenvalue weighted by Crippen LogP contribution is 2.49. The molecule has 0 N–H and O–H groups in total. The minimum absolute atomic E-state index is 0.0251. The van der Waals surface area contributed by atoms with E-state index in [2.05, 4.69) is 6.07 Å².